The molecule has 4 nitrogen and oxygen atoms in total. The zero-order valence-electron chi connectivity index (χ0n) is 10.1. The Hall–Kier alpha value is -1.71. The maximum absolute atomic E-state index is 13.7. The molecule has 0 saturated heterocycles. The van der Waals surface area contributed by atoms with Crippen LogP contribution >= 0.6 is 12.4 Å². The number of halogens is 3. The molecule has 19 heavy (non-hydrogen) atoms. The molecule has 0 amide bonds. The molecule has 0 bridgehead atoms. The fraction of sp³-hybridized carbons (Fsp3) is 0.333. The monoisotopic (exact) mass is 290 g/mol. The first-order chi connectivity index (χ1) is 8.45. The Morgan fingerprint density at radius 1 is 1.53 bits per heavy atom. The summed E-state index contributed by atoms with van der Waals surface area (Å²) in [5.74, 6) is -5.56. The van der Waals surface area contributed by atoms with Crippen LogP contribution in [0.5, 0.6) is 0 Å². The molecule has 0 heterocycles. The molecular weight excluding hydrogens is 278 g/mol. The molecule has 2 N–H and O–H groups in total. The maximum atomic E-state index is 13.7. The lowest BCUT2D eigenvalue weighted by atomic mass is 9.97. The number of alkyl halides is 2. The number of nitrogens with zero attached hydrogens (tertiary/aromatic N) is 1. The first kappa shape index (κ1) is 17.3. The second-order valence-corrected chi connectivity index (χ2v) is 3.52. The van der Waals surface area contributed by atoms with Crippen LogP contribution in [-0.4, -0.2) is 18.5 Å². The van der Waals surface area contributed by atoms with Crippen LogP contribution in [0.3, 0.4) is 0 Å². The van der Waals surface area contributed by atoms with Gasteiger partial charge in [-0.1, -0.05) is 18.2 Å². The summed E-state index contributed by atoms with van der Waals surface area (Å²) in [4.78, 5) is 11.1. The number of ether oxygens (including phenoxy) is 1. The second kappa shape index (κ2) is 7.02. The van der Waals surface area contributed by atoms with Crippen LogP contribution in [0.25, 0.3) is 0 Å². The number of benzene rings is 1. The van der Waals surface area contributed by atoms with Gasteiger partial charge in [-0.3, -0.25) is 0 Å². The summed E-state index contributed by atoms with van der Waals surface area (Å²) in [6.45, 7) is 1.25. The molecule has 0 aliphatic rings. The lowest BCUT2D eigenvalue weighted by molar-refractivity contribution is -0.174. The van der Waals surface area contributed by atoms with Crippen LogP contribution in [0.4, 0.5) is 8.78 Å². The van der Waals surface area contributed by atoms with E-state index < -0.39 is 17.9 Å². The van der Waals surface area contributed by atoms with E-state index in [1.165, 1.54) is 31.2 Å². The number of hydrogen-bond acceptors (Lipinski definition) is 4. The molecule has 0 aliphatic heterocycles. The van der Waals surface area contributed by atoms with Crippen molar-refractivity contribution in [2.45, 2.75) is 18.9 Å². The molecule has 1 aromatic carbocycles. The van der Waals surface area contributed by atoms with Gasteiger partial charge < -0.3 is 10.5 Å². The predicted molar refractivity (Wildman–Crippen MR) is 66.9 cm³/mol. The van der Waals surface area contributed by atoms with Crippen molar-refractivity contribution in [3.05, 3.63) is 35.4 Å². The molecule has 0 unspecified atom stereocenters. The van der Waals surface area contributed by atoms with E-state index in [9.17, 15) is 13.6 Å². The Kier molecular flexibility index (Phi) is 6.39. The van der Waals surface area contributed by atoms with Crippen LogP contribution in [0, 0.1) is 11.3 Å². The van der Waals surface area contributed by atoms with Crippen molar-refractivity contribution in [2.75, 3.05) is 6.61 Å². The lowest BCUT2D eigenvalue weighted by Gasteiger charge is -2.22. The highest BCUT2D eigenvalue weighted by atomic mass is 35.5. The van der Waals surface area contributed by atoms with E-state index in [1.807, 2.05) is 0 Å². The van der Waals surface area contributed by atoms with Gasteiger partial charge in [-0.2, -0.15) is 14.0 Å². The van der Waals surface area contributed by atoms with Crippen LogP contribution in [0.2, 0.25) is 0 Å². The van der Waals surface area contributed by atoms with Gasteiger partial charge in [0.15, 0.2) is 0 Å². The van der Waals surface area contributed by atoms with Crippen molar-refractivity contribution >= 4 is 18.4 Å². The number of nitriles is 1. The van der Waals surface area contributed by atoms with E-state index >= 15 is 0 Å². The minimum Gasteiger partial charge on any atom is -0.462 e. The predicted octanol–water partition coefficient (Wildman–Crippen LogP) is 2.18. The highest BCUT2D eigenvalue weighted by molar-refractivity contribution is 5.85. The van der Waals surface area contributed by atoms with Crippen molar-refractivity contribution in [2.24, 2.45) is 5.73 Å². The number of carbonyl (C=O) groups is 1. The topological polar surface area (TPSA) is 76.1 Å². The number of esters is 1. The van der Waals surface area contributed by atoms with E-state index in [-0.39, 0.29) is 30.1 Å². The van der Waals surface area contributed by atoms with E-state index in [0.29, 0.717) is 0 Å². The minimum atomic E-state index is -3.87. The number of hydrogen-bond donors (Lipinski definition) is 1. The summed E-state index contributed by atoms with van der Waals surface area (Å²) in [6.07, 6.45) is 0. The molecule has 1 rings (SSSR count). The van der Waals surface area contributed by atoms with Gasteiger partial charge in [0, 0.05) is 0 Å². The Morgan fingerprint density at radius 2 is 2.11 bits per heavy atom. The third-order valence-corrected chi connectivity index (χ3v) is 2.35. The third kappa shape index (κ3) is 3.63. The van der Waals surface area contributed by atoms with Gasteiger partial charge in [-0.05, 0) is 18.6 Å². The van der Waals surface area contributed by atoms with Crippen molar-refractivity contribution in [1.29, 1.82) is 5.26 Å². The molecule has 104 valence electrons. The van der Waals surface area contributed by atoms with Gasteiger partial charge >= 0.3 is 11.9 Å². The molecule has 0 aliphatic carbocycles. The van der Waals surface area contributed by atoms with Gasteiger partial charge in [-0.25, -0.2) is 4.79 Å². The molecule has 1 atom stereocenters. The van der Waals surface area contributed by atoms with Gasteiger partial charge in [0.2, 0.25) is 0 Å². The normalized spacial score (nSPS) is 11.9. The standard InChI is InChI=1S/C12H12F2N2O2.ClH/c1-2-18-11(17)12(13,14)10(16)9-6-4-3-5-8(9)7-15;/h3-6,10H,2,16H2,1H3;1H/t10-;/m1./s1. The van der Waals surface area contributed by atoms with Crippen molar-refractivity contribution < 1.29 is 18.3 Å². The van der Waals surface area contributed by atoms with Gasteiger partial charge in [0.05, 0.1) is 18.2 Å². The summed E-state index contributed by atoms with van der Waals surface area (Å²) < 4.78 is 31.7. The van der Waals surface area contributed by atoms with Crippen molar-refractivity contribution in [1.82, 2.24) is 0 Å². The average Bonchev–Trinajstić information content (AvgIpc) is 2.38. The molecule has 0 saturated carbocycles. The summed E-state index contributed by atoms with van der Waals surface area (Å²) in [5.41, 5.74) is 5.30. The van der Waals surface area contributed by atoms with E-state index in [0.717, 1.165) is 0 Å². The van der Waals surface area contributed by atoms with Gasteiger partial charge in [0.1, 0.15) is 6.04 Å². The van der Waals surface area contributed by atoms with Crippen LogP contribution in [0.15, 0.2) is 24.3 Å². The quantitative estimate of drug-likeness (QED) is 0.862. The Balaban J connectivity index is 0.00000324. The summed E-state index contributed by atoms with van der Waals surface area (Å²) in [7, 11) is 0. The third-order valence-electron chi connectivity index (χ3n) is 2.35. The Labute approximate surface area is 115 Å². The summed E-state index contributed by atoms with van der Waals surface area (Å²) in [6, 6.07) is 5.48. The maximum Gasteiger partial charge on any atom is 0.379 e. The molecular formula is C12H13ClF2N2O2. The summed E-state index contributed by atoms with van der Waals surface area (Å²) >= 11 is 0. The molecule has 0 fully saturated rings. The van der Waals surface area contributed by atoms with Crippen molar-refractivity contribution in [3.8, 4) is 6.07 Å². The number of rotatable bonds is 4. The van der Waals surface area contributed by atoms with Crippen LogP contribution < -0.4 is 5.73 Å². The van der Waals surface area contributed by atoms with Crippen LogP contribution in [-0.2, 0) is 9.53 Å². The molecule has 0 aromatic heterocycles. The highest BCUT2D eigenvalue weighted by Gasteiger charge is 2.48. The second-order valence-electron chi connectivity index (χ2n) is 3.52. The van der Waals surface area contributed by atoms with E-state index in [2.05, 4.69) is 4.74 Å². The smallest absolute Gasteiger partial charge is 0.379 e. The Bertz CT molecular complexity index is 489. The van der Waals surface area contributed by atoms with Crippen molar-refractivity contribution in [3.63, 3.8) is 0 Å². The van der Waals surface area contributed by atoms with E-state index in [1.54, 1.807) is 6.07 Å². The fourth-order valence-corrected chi connectivity index (χ4v) is 1.42. The minimum absolute atomic E-state index is 0. The highest BCUT2D eigenvalue weighted by Crippen LogP contribution is 2.32. The first-order valence-corrected chi connectivity index (χ1v) is 5.24. The Morgan fingerprint density at radius 3 is 2.63 bits per heavy atom. The van der Waals surface area contributed by atoms with Crippen LogP contribution in [0.1, 0.15) is 24.1 Å². The zero-order valence-corrected chi connectivity index (χ0v) is 10.9. The number of carbonyl (C=O) groups excluding carboxylic acids is 1. The van der Waals surface area contributed by atoms with Gasteiger partial charge in [0.25, 0.3) is 0 Å². The molecule has 7 heteroatoms. The lowest BCUT2D eigenvalue weighted by Crippen LogP contribution is -2.42. The number of nitrogens with two attached hydrogens (primary N) is 1. The first-order valence-electron chi connectivity index (χ1n) is 5.24. The van der Waals surface area contributed by atoms with Gasteiger partial charge in [-0.15, -0.1) is 12.4 Å². The molecule has 0 radical (unpaired) electrons. The SMILES string of the molecule is CCOC(=O)C(F)(F)[C@H](N)c1ccccc1C#N.Cl. The largest absolute Gasteiger partial charge is 0.462 e. The average molecular weight is 291 g/mol. The molecule has 0 spiro atoms. The fourth-order valence-electron chi connectivity index (χ4n) is 1.42. The van der Waals surface area contributed by atoms with E-state index in [4.69, 9.17) is 11.0 Å². The summed E-state index contributed by atoms with van der Waals surface area (Å²) in [5, 5.41) is 8.81. The zero-order chi connectivity index (χ0) is 13.8. The molecule has 1 aromatic rings.